The van der Waals surface area contributed by atoms with Crippen LogP contribution < -0.4 is 21.1 Å². The van der Waals surface area contributed by atoms with Crippen LogP contribution in [0.3, 0.4) is 0 Å². The van der Waals surface area contributed by atoms with Crippen LogP contribution in [0.5, 0.6) is 5.75 Å². The molecule has 0 saturated carbocycles. The van der Waals surface area contributed by atoms with Gasteiger partial charge in [-0.2, -0.15) is 9.40 Å². The lowest BCUT2D eigenvalue weighted by molar-refractivity contribution is 0.0730. The van der Waals surface area contributed by atoms with Crippen LogP contribution in [0.25, 0.3) is 10.8 Å². The molecule has 1 fully saturated rings. The van der Waals surface area contributed by atoms with Gasteiger partial charge >= 0.3 is 0 Å². The Kier molecular flexibility index (Phi) is 6.58. The molecule has 12 nitrogen and oxygen atoms in total. The van der Waals surface area contributed by atoms with Gasteiger partial charge in [0.1, 0.15) is 5.75 Å². The molecule has 4 rings (SSSR count). The van der Waals surface area contributed by atoms with Crippen molar-refractivity contribution in [1.29, 1.82) is 0 Å². The first-order valence-electron chi connectivity index (χ1n) is 10.2. The number of methoxy groups -OCH3 is 1. The van der Waals surface area contributed by atoms with E-state index in [9.17, 15) is 22.8 Å². The highest BCUT2D eigenvalue weighted by molar-refractivity contribution is 7.89. The average Bonchev–Trinajstić information content (AvgIpc) is 2.87. The molecular weight excluding hydrogens is 466 g/mol. The van der Waals surface area contributed by atoms with Crippen molar-refractivity contribution in [2.75, 3.05) is 33.4 Å². The molecule has 0 bridgehead atoms. The molecule has 2 amide bonds. The molecule has 13 heteroatoms. The summed E-state index contributed by atoms with van der Waals surface area (Å²) in [5.74, 6) is -1.48. The number of carbonyl (C=O) groups is 2. The van der Waals surface area contributed by atoms with E-state index in [-0.39, 0.29) is 53.6 Å². The van der Waals surface area contributed by atoms with Gasteiger partial charge in [-0.25, -0.2) is 13.5 Å². The van der Waals surface area contributed by atoms with Crippen molar-refractivity contribution in [2.24, 2.45) is 0 Å². The van der Waals surface area contributed by atoms with E-state index in [2.05, 4.69) is 21.0 Å². The van der Waals surface area contributed by atoms with Crippen molar-refractivity contribution >= 4 is 32.6 Å². The highest BCUT2D eigenvalue weighted by atomic mass is 32.2. The SMILES string of the molecule is COc1ccc(S(=O)(=O)N2CCOCC2)cc1C(=O)NNC(=O)c1n[nH]c(=O)c2ccccc12. The quantitative estimate of drug-likeness (QED) is 0.425. The Morgan fingerprint density at radius 3 is 2.44 bits per heavy atom. The van der Waals surface area contributed by atoms with Gasteiger partial charge in [-0.3, -0.25) is 25.2 Å². The molecule has 0 aliphatic carbocycles. The topological polar surface area (TPSA) is 160 Å². The second kappa shape index (κ2) is 9.59. The number of nitrogens with zero attached hydrogens (tertiary/aromatic N) is 2. The third-order valence-corrected chi connectivity index (χ3v) is 7.12. The summed E-state index contributed by atoms with van der Waals surface area (Å²) in [5, 5.41) is 6.57. The van der Waals surface area contributed by atoms with Crippen LogP contribution >= 0.6 is 0 Å². The lowest BCUT2D eigenvalue weighted by Crippen LogP contribution is -2.42. The molecule has 1 aliphatic rings. The molecule has 1 aromatic heterocycles. The maximum Gasteiger partial charge on any atom is 0.290 e. The van der Waals surface area contributed by atoms with Crippen molar-refractivity contribution in [3.8, 4) is 5.75 Å². The van der Waals surface area contributed by atoms with Gasteiger partial charge in [0, 0.05) is 18.5 Å². The standard InChI is InChI=1S/C21H21N5O7S/c1-32-17-7-6-13(34(30,31)26-8-10-33-11-9-26)12-16(17)20(28)24-25-21(29)18-14-4-2-3-5-15(14)19(27)23-22-18/h2-7,12H,8-11H2,1H3,(H,23,27)(H,24,28)(H,25,29). The first-order chi connectivity index (χ1) is 16.3. The molecule has 2 aromatic carbocycles. The zero-order valence-corrected chi connectivity index (χ0v) is 18.8. The predicted molar refractivity (Wildman–Crippen MR) is 120 cm³/mol. The van der Waals surface area contributed by atoms with Crippen LogP contribution in [0.1, 0.15) is 20.8 Å². The second-order valence-electron chi connectivity index (χ2n) is 7.23. The first-order valence-corrected chi connectivity index (χ1v) is 11.6. The molecule has 0 spiro atoms. The molecule has 0 radical (unpaired) electrons. The van der Waals surface area contributed by atoms with Gasteiger partial charge in [-0.1, -0.05) is 18.2 Å². The van der Waals surface area contributed by atoms with Crippen LogP contribution in [0.4, 0.5) is 0 Å². The minimum atomic E-state index is -3.86. The van der Waals surface area contributed by atoms with E-state index in [1.165, 1.54) is 35.7 Å². The van der Waals surface area contributed by atoms with Crippen molar-refractivity contribution in [2.45, 2.75) is 4.90 Å². The number of aromatic nitrogens is 2. The summed E-state index contributed by atoms with van der Waals surface area (Å²) in [7, 11) is -2.53. The van der Waals surface area contributed by atoms with E-state index in [4.69, 9.17) is 9.47 Å². The number of ether oxygens (including phenoxy) is 2. The van der Waals surface area contributed by atoms with E-state index in [1.807, 2.05) is 0 Å². The van der Waals surface area contributed by atoms with Crippen molar-refractivity contribution in [3.63, 3.8) is 0 Å². The summed E-state index contributed by atoms with van der Waals surface area (Å²) in [6, 6.07) is 10.3. The number of amides is 2. The van der Waals surface area contributed by atoms with Crippen molar-refractivity contribution < 1.29 is 27.5 Å². The van der Waals surface area contributed by atoms with E-state index in [0.717, 1.165) is 0 Å². The number of carbonyl (C=O) groups excluding carboxylic acids is 2. The lowest BCUT2D eigenvalue weighted by atomic mass is 10.1. The number of aromatic amines is 1. The van der Waals surface area contributed by atoms with E-state index in [0.29, 0.717) is 5.39 Å². The fraction of sp³-hybridized carbons (Fsp3) is 0.238. The Bertz CT molecular complexity index is 1410. The summed E-state index contributed by atoms with van der Waals surface area (Å²) in [6.07, 6.45) is 0. The van der Waals surface area contributed by atoms with Crippen LogP contribution in [-0.2, 0) is 14.8 Å². The zero-order chi connectivity index (χ0) is 24.3. The van der Waals surface area contributed by atoms with E-state index >= 15 is 0 Å². The molecular formula is C21H21N5O7S. The monoisotopic (exact) mass is 487 g/mol. The average molecular weight is 487 g/mol. The first kappa shape index (κ1) is 23.4. The summed E-state index contributed by atoms with van der Waals surface area (Å²) in [5.41, 5.74) is 3.79. The van der Waals surface area contributed by atoms with E-state index < -0.39 is 27.4 Å². The highest BCUT2D eigenvalue weighted by Gasteiger charge is 2.28. The number of nitrogens with one attached hydrogen (secondary N) is 3. The fourth-order valence-electron chi connectivity index (χ4n) is 3.49. The molecule has 34 heavy (non-hydrogen) atoms. The molecule has 2 heterocycles. The maximum absolute atomic E-state index is 13.0. The summed E-state index contributed by atoms with van der Waals surface area (Å²) in [4.78, 5) is 37.3. The Labute approximate surface area is 193 Å². The lowest BCUT2D eigenvalue weighted by Gasteiger charge is -2.26. The van der Waals surface area contributed by atoms with Crippen LogP contribution in [0.2, 0.25) is 0 Å². The maximum atomic E-state index is 13.0. The number of benzene rings is 2. The van der Waals surface area contributed by atoms with Gasteiger partial charge in [0.25, 0.3) is 17.4 Å². The normalized spacial score (nSPS) is 14.5. The van der Waals surface area contributed by atoms with Crippen molar-refractivity contribution in [3.05, 3.63) is 64.1 Å². The number of rotatable bonds is 5. The van der Waals surface area contributed by atoms with Gasteiger partial charge in [0.15, 0.2) is 5.69 Å². The zero-order valence-electron chi connectivity index (χ0n) is 18.0. The van der Waals surface area contributed by atoms with Gasteiger partial charge < -0.3 is 9.47 Å². The molecule has 1 aliphatic heterocycles. The number of hydrogen-bond donors (Lipinski definition) is 3. The number of hydrogen-bond acceptors (Lipinski definition) is 8. The number of sulfonamides is 1. The molecule has 0 unspecified atom stereocenters. The Morgan fingerprint density at radius 2 is 1.74 bits per heavy atom. The van der Waals surface area contributed by atoms with Gasteiger partial charge in [-0.15, -0.1) is 0 Å². The number of H-pyrrole nitrogens is 1. The molecule has 3 N–H and O–H groups in total. The Morgan fingerprint density at radius 1 is 1.06 bits per heavy atom. The van der Waals surface area contributed by atoms with Gasteiger partial charge in [0.05, 0.1) is 36.2 Å². The Hall–Kier alpha value is -3.81. The third-order valence-electron chi connectivity index (χ3n) is 5.22. The second-order valence-corrected chi connectivity index (χ2v) is 9.17. The number of fused-ring (bicyclic) bond motifs is 1. The minimum Gasteiger partial charge on any atom is -0.496 e. The molecule has 1 saturated heterocycles. The Balaban J connectivity index is 1.56. The fourth-order valence-corrected chi connectivity index (χ4v) is 4.92. The number of hydrazine groups is 1. The van der Waals surface area contributed by atoms with Gasteiger partial charge in [0.2, 0.25) is 10.0 Å². The predicted octanol–water partition coefficient (Wildman–Crippen LogP) is 0.0274. The van der Waals surface area contributed by atoms with Crippen molar-refractivity contribution in [1.82, 2.24) is 25.4 Å². The van der Waals surface area contributed by atoms with Crippen LogP contribution in [-0.4, -0.2) is 68.1 Å². The third kappa shape index (κ3) is 4.48. The molecule has 0 atom stereocenters. The summed E-state index contributed by atoms with van der Waals surface area (Å²) < 4.78 is 37.6. The van der Waals surface area contributed by atoms with E-state index in [1.54, 1.807) is 18.2 Å². The summed E-state index contributed by atoms with van der Waals surface area (Å²) >= 11 is 0. The largest absolute Gasteiger partial charge is 0.496 e. The number of morpholine rings is 1. The summed E-state index contributed by atoms with van der Waals surface area (Å²) in [6.45, 7) is 0.961. The minimum absolute atomic E-state index is 0.0972. The van der Waals surface area contributed by atoms with Crippen LogP contribution in [0, 0.1) is 0 Å². The highest BCUT2D eigenvalue weighted by Crippen LogP contribution is 2.25. The molecule has 178 valence electrons. The molecule has 3 aromatic rings. The van der Waals surface area contributed by atoms with Gasteiger partial charge in [-0.05, 0) is 24.3 Å². The smallest absolute Gasteiger partial charge is 0.290 e. The van der Waals surface area contributed by atoms with Crippen LogP contribution in [0.15, 0.2) is 52.2 Å².